The van der Waals surface area contributed by atoms with E-state index in [9.17, 15) is 4.79 Å². The van der Waals surface area contributed by atoms with Gasteiger partial charge in [-0.25, -0.2) is 0 Å². The molecule has 0 saturated heterocycles. The number of benzene rings is 4. The lowest BCUT2D eigenvalue weighted by molar-refractivity contribution is -0.116. The van der Waals surface area contributed by atoms with Gasteiger partial charge in [-0.05, 0) is 50.9 Å². The van der Waals surface area contributed by atoms with Gasteiger partial charge in [-0.15, -0.1) is 0 Å². The largest absolute Gasteiger partial charge is 0.300 e. The lowest BCUT2D eigenvalue weighted by Crippen LogP contribution is -1.99. The summed E-state index contributed by atoms with van der Waals surface area (Å²) in [4.78, 5) is 11.6. The standard InChI is InChI=1S/C19H13BrO/c1-11(21)9-16-15-8-7-13-4-2-3-12-5-6-14(10-17(16)20)19(15)18(12)13/h2-8,10H,9H2,1H3. The first-order chi connectivity index (χ1) is 10.1. The van der Waals surface area contributed by atoms with Gasteiger partial charge in [0.2, 0.25) is 0 Å². The maximum atomic E-state index is 11.6. The fourth-order valence-corrected chi connectivity index (χ4v) is 3.86. The molecule has 0 atom stereocenters. The summed E-state index contributed by atoms with van der Waals surface area (Å²) in [7, 11) is 0. The van der Waals surface area contributed by atoms with Crippen LogP contribution in [0.5, 0.6) is 0 Å². The van der Waals surface area contributed by atoms with Crippen molar-refractivity contribution >= 4 is 54.0 Å². The second kappa shape index (κ2) is 4.54. The van der Waals surface area contributed by atoms with Crippen molar-refractivity contribution in [3.05, 3.63) is 58.6 Å². The fraction of sp³-hybridized carbons (Fsp3) is 0.105. The number of carbonyl (C=O) groups excluding carboxylic acids is 1. The zero-order valence-corrected chi connectivity index (χ0v) is 13.2. The van der Waals surface area contributed by atoms with E-state index in [2.05, 4.69) is 64.5 Å². The Morgan fingerprint density at radius 1 is 0.952 bits per heavy atom. The number of carbonyl (C=O) groups is 1. The average molecular weight is 337 g/mol. The second-order valence-electron chi connectivity index (χ2n) is 5.57. The molecule has 0 aliphatic heterocycles. The molecule has 0 aliphatic carbocycles. The molecule has 2 heteroatoms. The van der Waals surface area contributed by atoms with Crippen LogP contribution in [0, 0.1) is 0 Å². The predicted octanol–water partition coefficient (Wildman–Crippen LogP) is 5.48. The maximum absolute atomic E-state index is 11.6. The SMILES string of the molecule is CC(=O)Cc1c(Br)cc2ccc3cccc4ccc1c2c34. The van der Waals surface area contributed by atoms with Gasteiger partial charge in [-0.1, -0.05) is 58.4 Å². The lowest BCUT2D eigenvalue weighted by atomic mass is 9.91. The van der Waals surface area contributed by atoms with Crippen molar-refractivity contribution in [2.45, 2.75) is 13.3 Å². The molecule has 0 bridgehead atoms. The van der Waals surface area contributed by atoms with E-state index in [4.69, 9.17) is 0 Å². The van der Waals surface area contributed by atoms with Gasteiger partial charge in [0.1, 0.15) is 5.78 Å². The number of rotatable bonds is 2. The van der Waals surface area contributed by atoms with Gasteiger partial charge in [-0.3, -0.25) is 4.79 Å². The van der Waals surface area contributed by atoms with Crippen LogP contribution in [0.2, 0.25) is 0 Å². The van der Waals surface area contributed by atoms with E-state index in [-0.39, 0.29) is 5.78 Å². The van der Waals surface area contributed by atoms with Crippen molar-refractivity contribution in [2.24, 2.45) is 0 Å². The highest BCUT2D eigenvalue weighted by atomic mass is 79.9. The van der Waals surface area contributed by atoms with Crippen molar-refractivity contribution in [3.8, 4) is 0 Å². The Balaban J connectivity index is 2.26. The summed E-state index contributed by atoms with van der Waals surface area (Å²) >= 11 is 3.64. The fourth-order valence-electron chi connectivity index (χ4n) is 3.26. The minimum Gasteiger partial charge on any atom is -0.300 e. The van der Waals surface area contributed by atoms with E-state index in [1.165, 1.54) is 32.3 Å². The smallest absolute Gasteiger partial charge is 0.134 e. The van der Waals surface area contributed by atoms with Crippen molar-refractivity contribution in [1.82, 2.24) is 0 Å². The van der Waals surface area contributed by atoms with Crippen LogP contribution in [0.3, 0.4) is 0 Å². The zero-order chi connectivity index (χ0) is 14.6. The molecule has 0 spiro atoms. The number of ketones is 1. The highest BCUT2D eigenvalue weighted by molar-refractivity contribution is 9.10. The van der Waals surface area contributed by atoms with Gasteiger partial charge < -0.3 is 0 Å². The normalized spacial score (nSPS) is 11.7. The van der Waals surface area contributed by atoms with E-state index < -0.39 is 0 Å². The van der Waals surface area contributed by atoms with Crippen LogP contribution in [0.25, 0.3) is 32.3 Å². The Morgan fingerprint density at radius 3 is 2.33 bits per heavy atom. The van der Waals surface area contributed by atoms with E-state index in [0.29, 0.717) is 6.42 Å². The van der Waals surface area contributed by atoms with E-state index >= 15 is 0 Å². The van der Waals surface area contributed by atoms with E-state index in [0.717, 1.165) is 10.0 Å². The number of halogens is 1. The molecule has 4 rings (SSSR count). The van der Waals surface area contributed by atoms with E-state index in [1.807, 2.05) is 0 Å². The molecule has 0 saturated carbocycles. The van der Waals surface area contributed by atoms with Gasteiger partial charge >= 0.3 is 0 Å². The molecule has 4 aromatic carbocycles. The number of hydrogen-bond donors (Lipinski definition) is 0. The first kappa shape index (κ1) is 12.8. The zero-order valence-electron chi connectivity index (χ0n) is 11.6. The molecule has 0 heterocycles. The summed E-state index contributed by atoms with van der Waals surface area (Å²) < 4.78 is 1.02. The monoisotopic (exact) mass is 336 g/mol. The molecule has 21 heavy (non-hydrogen) atoms. The summed E-state index contributed by atoms with van der Waals surface area (Å²) in [6.07, 6.45) is 0.467. The molecule has 0 unspecified atom stereocenters. The van der Waals surface area contributed by atoms with Gasteiger partial charge in [0.15, 0.2) is 0 Å². The minimum atomic E-state index is 0.186. The van der Waals surface area contributed by atoms with Crippen LogP contribution < -0.4 is 0 Å². The van der Waals surface area contributed by atoms with Crippen LogP contribution in [0.15, 0.2) is 53.0 Å². The van der Waals surface area contributed by atoms with Crippen LogP contribution >= 0.6 is 15.9 Å². The molecule has 1 nitrogen and oxygen atoms in total. The first-order valence-electron chi connectivity index (χ1n) is 6.99. The predicted molar refractivity (Wildman–Crippen MR) is 92.2 cm³/mol. The molecule has 0 radical (unpaired) electrons. The number of hydrogen-bond acceptors (Lipinski definition) is 1. The Bertz CT molecular complexity index is 985. The van der Waals surface area contributed by atoms with Crippen molar-refractivity contribution in [2.75, 3.05) is 0 Å². The Kier molecular flexibility index (Phi) is 2.76. The summed E-state index contributed by atoms with van der Waals surface area (Å²) in [6, 6.07) is 17.1. The summed E-state index contributed by atoms with van der Waals surface area (Å²) in [5.74, 6) is 0.186. The highest BCUT2D eigenvalue weighted by Crippen LogP contribution is 2.38. The molecule has 0 aliphatic rings. The van der Waals surface area contributed by atoms with Crippen LogP contribution in [-0.2, 0) is 11.2 Å². The molecular formula is C19H13BrO. The lowest BCUT2D eigenvalue weighted by Gasteiger charge is -2.15. The number of Topliss-reactive ketones (excluding diaryl/α,β-unsaturated/α-hetero) is 1. The Hall–Kier alpha value is -1.93. The van der Waals surface area contributed by atoms with Crippen LogP contribution in [-0.4, -0.2) is 5.78 Å². The van der Waals surface area contributed by atoms with Gasteiger partial charge in [0.25, 0.3) is 0 Å². The van der Waals surface area contributed by atoms with Crippen molar-refractivity contribution in [1.29, 1.82) is 0 Å². The third kappa shape index (κ3) is 1.86. The first-order valence-corrected chi connectivity index (χ1v) is 7.79. The maximum Gasteiger partial charge on any atom is 0.134 e. The highest BCUT2D eigenvalue weighted by Gasteiger charge is 2.14. The van der Waals surface area contributed by atoms with Gasteiger partial charge in [0.05, 0.1) is 0 Å². The average Bonchev–Trinajstić information content (AvgIpc) is 2.47. The molecule has 4 aromatic rings. The quantitative estimate of drug-likeness (QED) is 0.443. The van der Waals surface area contributed by atoms with Crippen molar-refractivity contribution < 1.29 is 4.79 Å². The Labute approximate surface area is 131 Å². The molecule has 0 aromatic heterocycles. The minimum absolute atomic E-state index is 0.186. The molecule has 102 valence electrons. The molecule has 0 amide bonds. The Morgan fingerprint density at radius 2 is 1.62 bits per heavy atom. The molecule has 0 fully saturated rings. The van der Waals surface area contributed by atoms with Crippen LogP contribution in [0.1, 0.15) is 12.5 Å². The van der Waals surface area contributed by atoms with Gasteiger partial charge in [0, 0.05) is 10.9 Å². The van der Waals surface area contributed by atoms with Gasteiger partial charge in [-0.2, -0.15) is 0 Å². The van der Waals surface area contributed by atoms with Crippen molar-refractivity contribution in [3.63, 3.8) is 0 Å². The second-order valence-corrected chi connectivity index (χ2v) is 6.43. The third-order valence-electron chi connectivity index (χ3n) is 4.13. The molecular weight excluding hydrogens is 324 g/mol. The topological polar surface area (TPSA) is 17.1 Å². The van der Waals surface area contributed by atoms with Crippen LogP contribution in [0.4, 0.5) is 0 Å². The van der Waals surface area contributed by atoms with E-state index in [1.54, 1.807) is 6.92 Å². The summed E-state index contributed by atoms with van der Waals surface area (Å²) in [5.41, 5.74) is 1.09. The summed E-state index contributed by atoms with van der Waals surface area (Å²) in [6.45, 7) is 1.64. The molecule has 0 N–H and O–H groups in total. The third-order valence-corrected chi connectivity index (χ3v) is 4.84. The summed E-state index contributed by atoms with van der Waals surface area (Å²) in [5, 5.41) is 7.46.